The Balaban J connectivity index is 1.85. The van der Waals surface area contributed by atoms with E-state index >= 15 is 0 Å². The van der Waals surface area contributed by atoms with Crippen LogP contribution in [0.1, 0.15) is 30.0 Å². The van der Waals surface area contributed by atoms with Gasteiger partial charge in [-0.1, -0.05) is 24.3 Å². The molecule has 1 amide bonds. The lowest BCUT2D eigenvalue weighted by molar-refractivity contribution is -0.133. The highest BCUT2D eigenvalue weighted by atomic mass is 32.2. The van der Waals surface area contributed by atoms with Crippen molar-refractivity contribution in [3.63, 3.8) is 0 Å². The maximum Gasteiger partial charge on any atom is 0.251 e. The number of aryl methyl sites for hydroxylation is 1. The smallest absolute Gasteiger partial charge is 0.251 e. The van der Waals surface area contributed by atoms with E-state index in [9.17, 15) is 18.0 Å². The van der Waals surface area contributed by atoms with E-state index < -0.39 is 15.6 Å². The molecule has 28 heavy (non-hydrogen) atoms. The van der Waals surface area contributed by atoms with Gasteiger partial charge in [-0.3, -0.25) is 9.59 Å². The number of fused-ring (bicyclic) bond motifs is 1. The molecule has 1 atom stereocenters. The van der Waals surface area contributed by atoms with Gasteiger partial charge in [0.2, 0.25) is 15.9 Å². The van der Waals surface area contributed by atoms with E-state index in [-0.39, 0.29) is 23.4 Å². The quantitative estimate of drug-likeness (QED) is 0.760. The third-order valence-corrected chi connectivity index (χ3v) is 7.04. The highest BCUT2D eigenvalue weighted by molar-refractivity contribution is 7.89. The van der Waals surface area contributed by atoms with Gasteiger partial charge in [-0.25, -0.2) is 12.7 Å². The van der Waals surface area contributed by atoms with Crippen LogP contribution in [0.4, 0.5) is 0 Å². The van der Waals surface area contributed by atoms with Crippen LogP contribution in [0.5, 0.6) is 0 Å². The number of carbonyl (C=O) groups is 1. The fourth-order valence-electron chi connectivity index (χ4n) is 3.56. The first-order valence-electron chi connectivity index (χ1n) is 9.18. The molecule has 1 aromatic heterocycles. The van der Waals surface area contributed by atoms with Crippen LogP contribution in [0.25, 0.3) is 0 Å². The van der Waals surface area contributed by atoms with Crippen LogP contribution in [-0.2, 0) is 27.8 Å². The van der Waals surface area contributed by atoms with Gasteiger partial charge in [0.05, 0.1) is 10.9 Å². The van der Waals surface area contributed by atoms with Crippen molar-refractivity contribution in [3.05, 3.63) is 64.1 Å². The first-order valence-corrected chi connectivity index (χ1v) is 10.6. The van der Waals surface area contributed by atoms with Gasteiger partial charge in [-0.15, -0.1) is 0 Å². The zero-order valence-electron chi connectivity index (χ0n) is 16.3. The minimum Gasteiger partial charge on any atom is -0.337 e. The van der Waals surface area contributed by atoms with Gasteiger partial charge < -0.3 is 9.47 Å². The van der Waals surface area contributed by atoms with Crippen molar-refractivity contribution in [3.8, 4) is 0 Å². The second-order valence-corrected chi connectivity index (χ2v) is 9.38. The van der Waals surface area contributed by atoms with Gasteiger partial charge >= 0.3 is 0 Å². The van der Waals surface area contributed by atoms with Crippen LogP contribution in [0.15, 0.2) is 52.3 Å². The Morgan fingerprint density at radius 2 is 1.86 bits per heavy atom. The van der Waals surface area contributed by atoms with Crippen molar-refractivity contribution >= 4 is 15.9 Å². The molecule has 1 heterocycles. The molecule has 1 aromatic carbocycles. The summed E-state index contributed by atoms with van der Waals surface area (Å²) in [5.41, 5.74) is 1.97. The van der Waals surface area contributed by atoms with Gasteiger partial charge in [0.1, 0.15) is 6.54 Å². The van der Waals surface area contributed by atoms with Crippen molar-refractivity contribution < 1.29 is 13.2 Å². The molecule has 0 bridgehead atoms. The molecule has 8 heteroatoms. The van der Waals surface area contributed by atoms with Crippen LogP contribution in [0, 0.1) is 0 Å². The molecular weight excluding hydrogens is 378 g/mol. The van der Waals surface area contributed by atoms with Gasteiger partial charge in [-0.2, -0.15) is 0 Å². The number of aromatic nitrogens is 1. The summed E-state index contributed by atoms with van der Waals surface area (Å²) in [6.07, 6.45) is 4.09. The first-order chi connectivity index (χ1) is 13.2. The Hall–Kier alpha value is -2.45. The average molecular weight is 404 g/mol. The van der Waals surface area contributed by atoms with E-state index in [1.807, 2.05) is 18.2 Å². The molecule has 0 spiro atoms. The zero-order valence-corrected chi connectivity index (χ0v) is 17.1. The highest BCUT2D eigenvalue weighted by Gasteiger charge is 2.27. The summed E-state index contributed by atoms with van der Waals surface area (Å²) >= 11 is 0. The van der Waals surface area contributed by atoms with Crippen molar-refractivity contribution in [2.75, 3.05) is 21.1 Å². The molecule has 0 aliphatic heterocycles. The van der Waals surface area contributed by atoms with Crippen LogP contribution in [0.3, 0.4) is 0 Å². The molecule has 0 saturated carbocycles. The van der Waals surface area contributed by atoms with E-state index in [4.69, 9.17) is 0 Å². The van der Waals surface area contributed by atoms with Crippen molar-refractivity contribution in [2.24, 2.45) is 0 Å². The molecule has 7 nitrogen and oxygen atoms in total. The van der Waals surface area contributed by atoms with E-state index in [1.54, 1.807) is 11.9 Å². The first kappa shape index (κ1) is 20.3. The molecule has 0 saturated heterocycles. The number of carbonyl (C=O) groups excluding carboxylic acids is 1. The predicted molar refractivity (Wildman–Crippen MR) is 106 cm³/mol. The highest BCUT2D eigenvalue weighted by Crippen LogP contribution is 2.33. The van der Waals surface area contributed by atoms with Gasteiger partial charge in [0, 0.05) is 33.4 Å². The molecule has 0 unspecified atom stereocenters. The monoisotopic (exact) mass is 403 g/mol. The summed E-state index contributed by atoms with van der Waals surface area (Å²) in [7, 11) is 0.894. The topological polar surface area (TPSA) is 79.7 Å². The number of likely N-dealkylation sites (N-methyl/N-ethyl adjacent to an activating group) is 1. The third kappa shape index (κ3) is 3.88. The molecule has 3 rings (SSSR count). The summed E-state index contributed by atoms with van der Waals surface area (Å²) in [5, 5.41) is 0. The minimum absolute atomic E-state index is 0.0180. The molecule has 0 N–H and O–H groups in total. The zero-order chi connectivity index (χ0) is 20.5. The number of rotatable bonds is 5. The van der Waals surface area contributed by atoms with Crippen molar-refractivity contribution in [2.45, 2.75) is 36.7 Å². The molecule has 150 valence electrons. The number of hydrogen-bond donors (Lipinski definition) is 0. The van der Waals surface area contributed by atoms with Crippen LogP contribution >= 0.6 is 0 Å². The number of nitrogens with zero attached hydrogens (tertiary/aromatic N) is 3. The van der Waals surface area contributed by atoms with Gasteiger partial charge in [0.15, 0.2) is 0 Å². The number of amides is 1. The molecule has 0 fully saturated rings. The Kier molecular flexibility index (Phi) is 5.71. The Morgan fingerprint density at radius 3 is 2.57 bits per heavy atom. The molecular formula is C20H25N3O4S. The summed E-state index contributed by atoms with van der Waals surface area (Å²) in [6, 6.07) is 10.5. The average Bonchev–Trinajstić information content (AvgIpc) is 2.68. The lowest BCUT2D eigenvalue weighted by atomic mass is 9.87. The summed E-state index contributed by atoms with van der Waals surface area (Å²) in [4.78, 5) is 26.7. The summed E-state index contributed by atoms with van der Waals surface area (Å²) in [6.45, 7) is -0.204. The largest absolute Gasteiger partial charge is 0.337 e. The van der Waals surface area contributed by atoms with Crippen molar-refractivity contribution in [1.29, 1.82) is 0 Å². The summed E-state index contributed by atoms with van der Waals surface area (Å²) in [5.74, 6) is -0.233. The maximum atomic E-state index is 12.9. The Labute approximate surface area is 165 Å². The van der Waals surface area contributed by atoms with E-state index in [2.05, 4.69) is 6.07 Å². The fourth-order valence-corrected chi connectivity index (χ4v) is 4.48. The predicted octanol–water partition coefficient (Wildman–Crippen LogP) is 1.63. The van der Waals surface area contributed by atoms with Gasteiger partial charge in [0.25, 0.3) is 5.56 Å². The lowest BCUT2D eigenvalue weighted by Crippen LogP contribution is -2.37. The Morgan fingerprint density at radius 1 is 1.14 bits per heavy atom. The van der Waals surface area contributed by atoms with Crippen LogP contribution < -0.4 is 5.56 Å². The number of sulfonamides is 1. The fraction of sp³-hybridized carbons (Fsp3) is 0.400. The number of benzene rings is 1. The number of pyridine rings is 1. The van der Waals surface area contributed by atoms with Crippen molar-refractivity contribution in [1.82, 2.24) is 13.8 Å². The SMILES string of the molecule is CN(C(=O)Cn1cc(S(=O)(=O)N(C)C)ccc1=O)[C@H]1CCCc2ccccc21. The second kappa shape index (κ2) is 7.89. The van der Waals surface area contributed by atoms with E-state index in [0.29, 0.717) is 0 Å². The lowest BCUT2D eigenvalue weighted by Gasteiger charge is -2.33. The normalized spacial score (nSPS) is 16.6. The number of hydrogen-bond acceptors (Lipinski definition) is 4. The summed E-state index contributed by atoms with van der Waals surface area (Å²) < 4.78 is 26.9. The Bertz CT molecular complexity index is 1040. The molecule has 1 aliphatic rings. The molecule has 2 aromatic rings. The van der Waals surface area contributed by atoms with Crippen LogP contribution in [-0.4, -0.2) is 49.2 Å². The van der Waals surface area contributed by atoms with Gasteiger partial charge in [-0.05, 0) is 36.5 Å². The van der Waals surface area contributed by atoms with E-state index in [1.165, 1.54) is 38.0 Å². The molecule has 0 radical (unpaired) electrons. The maximum absolute atomic E-state index is 12.9. The van der Waals surface area contributed by atoms with E-state index in [0.717, 1.165) is 33.7 Å². The minimum atomic E-state index is -3.68. The standard InChI is InChI=1S/C20H25N3O4S/c1-21(2)28(26,27)16-11-12-19(24)23(13-16)14-20(25)22(3)18-10-6-8-15-7-4-5-9-17(15)18/h4-5,7,9,11-13,18H,6,8,10,14H2,1-3H3/t18-/m0/s1. The molecule has 1 aliphatic carbocycles. The third-order valence-electron chi connectivity index (χ3n) is 5.24. The van der Waals surface area contributed by atoms with Crippen LogP contribution in [0.2, 0.25) is 0 Å². The second-order valence-electron chi connectivity index (χ2n) is 7.23.